The largest absolute Gasteiger partial charge is 0.481 e. The Morgan fingerprint density at radius 3 is 2.62 bits per heavy atom. The molecule has 16 heavy (non-hydrogen) atoms. The van der Waals surface area contributed by atoms with Crippen LogP contribution in [0.15, 0.2) is 6.20 Å². The van der Waals surface area contributed by atoms with Crippen molar-refractivity contribution in [1.29, 1.82) is 0 Å². The van der Waals surface area contributed by atoms with Gasteiger partial charge >= 0.3 is 11.7 Å². The van der Waals surface area contributed by atoms with Crippen molar-refractivity contribution in [3.05, 3.63) is 22.0 Å². The van der Waals surface area contributed by atoms with Gasteiger partial charge in [-0.1, -0.05) is 0 Å². The van der Waals surface area contributed by atoms with Crippen LogP contribution in [-0.4, -0.2) is 25.8 Å². The number of nitrogens with zero attached hydrogens (tertiary/aromatic N) is 3. The number of carboxylic acid groups (broad SMARTS) is 1. The lowest BCUT2D eigenvalue weighted by Gasteiger charge is -2.18. The minimum Gasteiger partial charge on any atom is -0.481 e. The fourth-order valence-corrected chi connectivity index (χ4v) is 1.24. The number of hydrogen-bond acceptors (Lipinski definition) is 4. The van der Waals surface area contributed by atoms with Gasteiger partial charge in [-0.2, -0.15) is 5.10 Å². The summed E-state index contributed by atoms with van der Waals surface area (Å²) in [5.74, 6) is -0.969. The summed E-state index contributed by atoms with van der Waals surface area (Å²) >= 11 is 0. The summed E-state index contributed by atoms with van der Waals surface area (Å²) in [6.45, 7) is 4.69. The van der Waals surface area contributed by atoms with Gasteiger partial charge in [0.1, 0.15) is 11.9 Å². The molecular weight excluding hydrogens is 214 g/mol. The summed E-state index contributed by atoms with van der Waals surface area (Å²) in [6.07, 6.45) is 1.25. The predicted octanol–water partition coefficient (Wildman–Crippen LogP) is 1.21. The number of aryl methyl sites for hydroxylation is 1. The number of hydrogen-bond donors (Lipinski definition) is 1. The van der Waals surface area contributed by atoms with Crippen LogP contribution in [0.5, 0.6) is 0 Å². The molecule has 7 heteroatoms. The molecule has 0 unspecified atom stereocenters. The molecule has 1 heterocycles. The Morgan fingerprint density at radius 2 is 2.25 bits per heavy atom. The van der Waals surface area contributed by atoms with Gasteiger partial charge in [-0.25, -0.2) is 0 Å². The average Bonchev–Trinajstić information content (AvgIpc) is 2.45. The SMILES string of the molecule is Cc1nn(CC(C)(C)C(=O)O)cc1[N+](=O)[O-]. The molecule has 0 radical (unpaired) electrons. The minimum absolute atomic E-state index is 0.0943. The van der Waals surface area contributed by atoms with E-state index in [9.17, 15) is 14.9 Å². The lowest BCUT2D eigenvalue weighted by atomic mass is 9.94. The third-order valence-corrected chi connectivity index (χ3v) is 2.25. The minimum atomic E-state index is -1.01. The molecule has 0 fully saturated rings. The van der Waals surface area contributed by atoms with Crippen LogP contribution < -0.4 is 0 Å². The average molecular weight is 227 g/mol. The summed E-state index contributed by atoms with van der Waals surface area (Å²) in [5, 5.41) is 23.4. The molecule has 1 N–H and O–H groups in total. The van der Waals surface area contributed by atoms with Crippen molar-refractivity contribution < 1.29 is 14.8 Å². The number of carboxylic acids is 1. The van der Waals surface area contributed by atoms with Gasteiger partial charge in [0.25, 0.3) is 0 Å². The van der Waals surface area contributed by atoms with Crippen molar-refractivity contribution in [1.82, 2.24) is 9.78 Å². The Bertz CT molecular complexity index is 436. The van der Waals surface area contributed by atoms with E-state index < -0.39 is 16.3 Å². The zero-order valence-electron chi connectivity index (χ0n) is 9.30. The number of aliphatic carboxylic acids is 1. The van der Waals surface area contributed by atoms with Crippen LogP contribution in [0.1, 0.15) is 19.5 Å². The zero-order valence-corrected chi connectivity index (χ0v) is 9.30. The standard InChI is InChI=1S/C9H13N3O4/c1-6-7(12(15)16)4-11(10-6)5-9(2,3)8(13)14/h4H,5H2,1-3H3,(H,13,14). The van der Waals surface area contributed by atoms with E-state index in [0.29, 0.717) is 0 Å². The molecule has 0 amide bonds. The fraction of sp³-hybridized carbons (Fsp3) is 0.556. The van der Waals surface area contributed by atoms with E-state index >= 15 is 0 Å². The Balaban J connectivity index is 2.96. The van der Waals surface area contributed by atoms with Gasteiger partial charge in [-0.15, -0.1) is 0 Å². The smallest absolute Gasteiger partial charge is 0.310 e. The molecule has 1 aromatic heterocycles. The third kappa shape index (κ3) is 2.36. The van der Waals surface area contributed by atoms with Gasteiger partial charge in [0.05, 0.1) is 16.9 Å². The van der Waals surface area contributed by atoms with Crippen molar-refractivity contribution in [3.63, 3.8) is 0 Å². The fourth-order valence-electron chi connectivity index (χ4n) is 1.24. The van der Waals surface area contributed by atoms with Crippen LogP contribution in [0.25, 0.3) is 0 Å². The first-order chi connectivity index (χ1) is 7.24. The molecule has 0 aliphatic heterocycles. The number of rotatable bonds is 4. The van der Waals surface area contributed by atoms with E-state index in [1.807, 2.05) is 0 Å². The highest BCUT2D eigenvalue weighted by Gasteiger charge is 2.29. The summed E-state index contributed by atoms with van der Waals surface area (Å²) in [6, 6.07) is 0. The summed E-state index contributed by atoms with van der Waals surface area (Å²) < 4.78 is 1.29. The van der Waals surface area contributed by atoms with Gasteiger partial charge in [0, 0.05) is 0 Å². The maximum Gasteiger partial charge on any atom is 0.310 e. The van der Waals surface area contributed by atoms with E-state index in [2.05, 4.69) is 5.10 Å². The Morgan fingerprint density at radius 1 is 1.69 bits per heavy atom. The molecule has 88 valence electrons. The molecule has 0 aromatic carbocycles. The first kappa shape index (κ1) is 12.2. The van der Waals surface area contributed by atoms with Gasteiger partial charge in [0.2, 0.25) is 0 Å². The normalized spacial score (nSPS) is 11.4. The molecule has 1 aromatic rings. The molecule has 1 rings (SSSR count). The van der Waals surface area contributed by atoms with E-state index in [-0.39, 0.29) is 17.9 Å². The lowest BCUT2D eigenvalue weighted by Crippen LogP contribution is -2.29. The van der Waals surface area contributed by atoms with Gasteiger partial charge in [-0.3, -0.25) is 19.6 Å². The topological polar surface area (TPSA) is 98.3 Å². The maximum atomic E-state index is 10.9. The van der Waals surface area contributed by atoms with Gasteiger partial charge < -0.3 is 5.11 Å². The second-order valence-corrected chi connectivity index (χ2v) is 4.24. The third-order valence-electron chi connectivity index (χ3n) is 2.25. The number of carbonyl (C=O) groups is 1. The molecule has 0 atom stereocenters. The molecule has 0 saturated heterocycles. The van der Waals surface area contributed by atoms with Crippen molar-refractivity contribution in [2.45, 2.75) is 27.3 Å². The second-order valence-electron chi connectivity index (χ2n) is 4.24. The molecule has 0 saturated carbocycles. The van der Waals surface area contributed by atoms with Crippen LogP contribution in [-0.2, 0) is 11.3 Å². The molecule has 0 bridgehead atoms. The van der Waals surface area contributed by atoms with Crippen LogP contribution in [0.3, 0.4) is 0 Å². The monoisotopic (exact) mass is 227 g/mol. The number of aromatic nitrogens is 2. The predicted molar refractivity (Wildman–Crippen MR) is 55.0 cm³/mol. The van der Waals surface area contributed by atoms with Crippen molar-refractivity contribution in [2.24, 2.45) is 5.41 Å². The maximum absolute atomic E-state index is 10.9. The lowest BCUT2D eigenvalue weighted by molar-refractivity contribution is -0.385. The van der Waals surface area contributed by atoms with Crippen LogP contribution in [0, 0.1) is 22.5 Å². The Kier molecular flexibility index (Phi) is 2.97. The van der Waals surface area contributed by atoms with Gasteiger partial charge in [0.15, 0.2) is 0 Å². The Labute approximate surface area is 91.8 Å². The molecule has 7 nitrogen and oxygen atoms in total. The number of nitro groups is 1. The summed E-state index contributed by atoms with van der Waals surface area (Å²) in [7, 11) is 0. The first-order valence-electron chi connectivity index (χ1n) is 4.66. The highest BCUT2D eigenvalue weighted by atomic mass is 16.6. The van der Waals surface area contributed by atoms with Crippen molar-refractivity contribution in [3.8, 4) is 0 Å². The first-order valence-corrected chi connectivity index (χ1v) is 4.66. The second kappa shape index (κ2) is 3.92. The highest BCUT2D eigenvalue weighted by molar-refractivity contribution is 5.73. The molecular formula is C9H13N3O4. The van der Waals surface area contributed by atoms with Gasteiger partial charge in [-0.05, 0) is 20.8 Å². The molecule has 0 aliphatic rings. The van der Waals surface area contributed by atoms with E-state index in [1.165, 1.54) is 31.6 Å². The van der Waals surface area contributed by atoms with E-state index in [1.54, 1.807) is 0 Å². The summed E-state index contributed by atoms with van der Waals surface area (Å²) in [5.41, 5.74) is -0.820. The molecule has 0 aliphatic carbocycles. The Hall–Kier alpha value is -1.92. The van der Waals surface area contributed by atoms with Crippen LogP contribution in [0.4, 0.5) is 5.69 Å². The quantitative estimate of drug-likeness (QED) is 0.615. The van der Waals surface area contributed by atoms with Crippen molar-refractivity contribution >= 4 is 11.7 Å². The zero-order chi connectivity index (χ0) is 12.5. The van der Waals surface area contributed by atoms with Crippen LogP contribution in [0.2, 0.25) is 0 Å². The van der Waals surface area contributed by atoms with Crippen LogP contribution >= 0.6 is 0 Å². The summed E-state index contributed by atoms with van der Waals surface area (Å²) in [4.78, 5) is 20.9. The molecule has 0 spiro atoms. The highest BCUT2D eigenvalue weighted by Crippen LogP contribution is 2.21. The van der Waals surface area contributed by atoms with E-state index in [4.69, 9.17) is 5.11 Å². The van der Waals surface area contributed by atoms with E-state index in [0.717, 1.165) is 0 Å². The van der Waals surface area contributed by atoms with Crippen molar-refractivity contribution in [2.75, 3.05) is 0 Å².